The van der Waals surface area contributed by atoms with Crippen molar-refractivity contribution < 1.29 is 0 Å². The summed E-state index contributed by atoms with van der Waals surface area (Å²) < 4.78 is 2.26. The number of hydrogen-bond donors (Lipinski definition) is 0. The molecule has 2 aliphatic rings. The second kappa shape index (κ2) is 16.3. The summed E-state index contributed by atoms with van der Waals surface area (Å²) >= 11 is 0. The maximum absolute atomic E-state index is 5.35. The minimum atomic E-state index is -0.0218. The van der Waals surface area contributed by atoms with Crippen LogP contribution in [0.2, 0.25) is 0 Å². The van der Waals surface area contributed by atoms with Gasteiger partial charge in [-0.25, -0.2) is 39.9 Å². The predicted molar refractivity (Wildman–Crippen MR) is 269 cm³/mol. The molecule has 6 aromatic carbocycles. The van der Waals surface area contributed by atoms with Gasteiger partial charge in [0, 0.05) is 44.6 Å². The zero-order chi connectivity index (χ0) is 45.0. The number of nitrogens with zero attached hydrogens (tertiary/aromatic N) is 10. The molecule has 0 saturated carbocycles. The van der Waals surface area contributed by atoms with Gasteiger partial charge in [-0.05, 0) is 48.0 Å². The van der Waals surface area contributed by atoms with E-state index < -0.39 is 0 Å². The zero-order valence-electron chi connectivity index (χ0n) is 36.4. The van der Waals surface area contributed by atoms with Gasteiger partial charge in [-0.1, -0.05) is 176 Å². The first-order chi connectivity index (χ1) is 33.7. The normalized spacial score (nSPS) is 14.9. The summed E-state index contributed by atoms with van der Waals surface area (Å²) in [7, 11) is 0. The highest BCUT2D eigenvalue weighted by molar-refractivity contribution is 6.13. The molecule has 0 amide bonds. The van der Waals surface area contributed by atoms with Crippen molar-refractivity contribution in [2.75, 3.05) is 4.90 Å². The first kappa shape index (κ1) is 39.1. The van der Waals surface area contributed by atoms with Crippen LogP contribution < -0.4 is 4.90 Å². The van der Waals surface area contributed by atoms with Crippen molar-refractivity contribution in [1.82, 2.24) is 44.4 Å². The number of fused-ring (bicyclic) bond motifs is 7. The molecule has 10 heteroatoms. The number of aromatic nitrogens is 9. The van der Waals surface area contributed by atoms with E-state index in [1.165, 1.54) is 10.9 Å². The summed E-state index contributed by atoms with van der Waals surface area (Å²) in [4.78, 5) is 42.9. The van der Waals surface area contributed by atoms with E-state index in [0.29, 0.717) is 46.3 Å². The molecular formula is C58H38N10. The van der Waals surface area contributed by atoms with Gasteiger partial charge in [0.25, 0.3) is 0 Å². The fraction of sp³-hybridized carbons (Fsp3) is 0.0345. The number of rotatable bonds is 8. The maximum Gasteiger partial charge on any atom is 0.182 e. The third-order valence-electron chi connectivity index (χ3n) is 12.7. The number of pyridine rings is 2. The lowest BCUT2D eigenvalue weighted by Gasteiger charge is -2.27. The smallest absolute Gasteiger partial charge is 0.182 e. The van der Waals surface area contributed by atoms with E-state index in [1.54, 1.807) is 0 Å². The first-order valence-corrected chi connectivity index (χ1v) is 22.6. The lowest BCUT2D eigenvalue weighted by Crippen LogP contribution is -2.29. The van der Waals surface area contributed by atoms with Crippen molar-refractivity contribution in [1.29, 1.82) is 0 Å². The van der Waals surface area contributed by atoms with Gasteiger partial charge < -0.3 is 4.90 Å². The van der Waals surface area contributed by atoms with Crippen LogP contribution in [0.1, 0.15) is 11.5 Å². The minimum Gasteiger partial charge on any atom is -0.318 e. The molecule has 11 aromatic rings. The molecule has 2 unspecified atom stereocenters. The van der Waals surface area contributed by atoms with Gasteiger partial charge in [0.15, 0.2) is 34.9 Å². The molecule has 0 N–H and O–H groups in total. The van der Waals surface area contributed by atoms with Crippen LogP contribution in [-0.2, 0) is 0 Å². The Kier molecular flexibility index (Phi) is 9.38. The monoisotopic (exact) mass is 874 g/mol. The number of anilines is 2. The quantitative estimate of drug-likeness (QED) is 0.147. The molecule has 68 heavy (non-hydrogen) atoms. The highest BCUT2D eigenvalue weighted by atomic mass is 15.2. The summed E-state index contributed by atoms with van der Waals surface area (Å²) in [6.45, 7) is 0. The van der Waals surface area contributed by atoms with Crippen molar-refractivity contribution in [2.24, 2.45) is 0 Å². The molecule has 5 aromatic heterocycles. The van der Waals surface area contributed by atoms with Crippen LogP contribution >= 0.6 is 0 Å². The molecule has 0 saturated heterocycles. The predicted octanol–water partition coefficient (Wildman–Crippen LogP) is 12.7. The van der Waals surface area contributed by atoms with Crippen LogP contribution in [0, 0.1) is 0 Å². The molecule has 1 aliphatic heterocycles. The standard InChI is InChI=1S/C58H38N10/c1-5-19-37(20-6-1)53-61-54(38-21-7-2-8-22-38)64-57(63-53)43-29-17-33-49(59-43)67-45-31-15-13-27-41(45)51-47(67)35-36-48-52(51)42-28-14-16-32-46(42)68(48)50-34-18-30-44(60-50)58-65-55(39-23-9-3-10-24-39)62-56(66-58)40-25-11-4-12-26-40/h1-36,41,45H. The van der Waals surface area contributed by atoms with Gasteiger partial charge in [0.2, 0.25) is 0 Å². The molecule has 0 bridgehead atoms. The fourth-order valence-electron chi connectivity index (χ4n) is 9.62. The molecule has 2 atom stereocenters. The van der Waals surface area contributed by atoms with E-state index in [-0.39, 0.29) is 12.0 Å². The molecule has 10 nitrogen and oxygen atoms in total. The summed E-state index contributed by atoms with van der Waals surface area (Å²) in [6.07, 6.45) is 8.89. The van der Waals surface area contributed by atoms with Crippen molar-refractivity contribution in [2.45, 2.75) is 12.0 Å². The molecule has 13 rings (SSSR count). The molecule has 0 spiro atoms. The summed E-state index contributed by atoms with van der Waals surface area (Å²) in [5.41, 5.74) is 9.37. The Morgan fingerprint density at radius 2 is 0.794 bits per heavy atom. The lowest BCUT2D eigenvalue weighted by atomic mass is 9.89. The van der Waals surface area contributed by atoms with Crippen molar-refractivity contribution in [3.05, 3.63) is 224 Å². The minimum absolute atomic E-state index is 0.0218. The topological polar surface area (TPSA) is 111 Å². The third-order valence-corrected chi connectivity index (χ3v) is 12.7. The molecule has 0 fully saturated rings. The fourth-order valence-corrected chi connectivity index (χ4v) is 9.62. The van der Waals surface area contributed by atoms with E-state index in [0.717, 1.165) is 56.0 Å². The first-order valence-electron chi connectivity index (χ1n) is 22.6. The lowest BCUT2D eigenvalue weighted by molar-refractivity contribution is 0.741. The van der Waals surface area contributed by atoms with Gasteiger partial charge in [0.05, 0.1) is 17.1 Å². The maximum atomic E-state index is 5.35. The largest absolute Gasteiger partial charge is 0.318 e. The van der Waals surface area contributed by atoms with E-state index in [4.69, 9.17) is 39.9 Å². The van der Waals surface area contributed by atoms with E-state index in [2.05, 4.69) is 82.3 Å². The molecule has 320 valence electrons. The summed E-state index contributed by atoms with van der Waals surface area (Å²) in [6, 6.07) is 65.3. The average molecular weight is 875 g/mol. The Morgan fingerprint density at radius 3 is 1.34 bits per heavy atom. The summed E-state index contributed by atoms with van der Waals surface area (Å²) in [5.74, 6) is 4.98. The SMILES string of the molecule is C1=CC2c3c(ccc4c3c3ccccc3n4-c3cccc(-c4nc(-c5ccccc5)nc(-c5ccccc5)n4)n3)N(c3cccc(-c4nc(-c5ccccc5)nc(-c5ccccc5)n4)n3)C2C=C1. The highest BCUT2D eigenvalue weighted by Gasteiger charge is 2.40. The highest BCUT2D eigenvalue weighted by Crippen LogP contribution is 2.52. The third kappa shape index (κ3) is 6.73. The van der Waals surface area contributed by atoms with Crippen LogP contribution in [0.3, 0.4) is 0 Å². The second-order valence-corrected chi connectivity index (χ2v) is 16.7. The van der Waals surface area contributed by atoms with Gasteiger partial charge in [-0.3, -0.25) is 4.57 Å². The number of allylic oxidation sites excluding steroid dienone is 2. The zero-order valence-corrected chi connectivity index (χ0v) is 36.4. The van der Waals surface area contributed by atoms with Crippen molar-refractivity contribution >= 4 is 33.3 Å². The Hall–Kier alpha value is -9.28. The van der Waals surface area contributed by atoms with Crippen LogP contribution in [0.5, 0.6) is 0 Å². The second-order valence-electron chi connectivity index (χ2n) is 16.7. The Bertz CT molecular complexity index is 3640. The molecule has 6 heterocycles. The van der Waals surface area contributed by atoms with Crippen molar-refractivity contribution in [3.8, 4) is 74.4 Å². The van der Waals surface area contributed by atoms with E-state index in [9.17, 15) is 0 Å². The Morgan fingerprint density at radius 1 is 0.338 bits per heavy atom. The van der Waals surface area contributed by atoms with Gasteiger partial charge >= 0.3 is 0 Å². The number of para-hydroxylation sites is 1. The van der Waals surface area contributed by atoms with Gasteiger partial charge in [-0.2, -0.15) is 0 Å². The Labute approximate surface area is 391 Å². The molecule has 1 aliphatic carbocycles. The average Bonchev–Trinajstić information content (AvgIpc) is 3.95. The van der Waals surface area contributed by atoms with Crippen LogP contribution in [0.15, 0.2) is 218 Å². The Balaban J connectivity index is 0.946. The van der Waals surface area contributed by atoms with Gasteiger partial charge in [0.1, 0.15) is 23.0 Å². The van der Waals surface area contributed by atoms with Gasteiger partial charge in [-0.15, -0.1) is 0 Å². The van der Waals surface area contributed by atoms with Crippen molar-refractivity contribution in [3.63, 3.8) is 0 Å². The van der Waals surface area contributed by atoms with Crippen LogP contribution in [0.4, 0.5) is 11.5 Å². The van der Waals surface area contributed by atoms with E-state index in [1.807, 2.05) is 146 Å². The van der Waals surface area contributed by atoms with Crippen LogP contribution in [-0.4, -0.2) is 50.5 Å². The summed E-state index contributed by atoms with van der Waals surface area (Å²) in [5, 5.41) is 2.32. The molecule has 0 radical (unpaired) electrons. The number of benzene rings is 6. The van der Waals surface area contributed by atoms with E-state index >= 15 is 0 Å². The van der Waals surface area contributed by atoms with Crippen LogP contribution in [0.25, 0.3) is 96.2 Å². The molecular weight excluding hydrogens is 837 g/mol. The number of hydrogen-bond acceptors (Lipinski definition) is 9.